The maximum atomic E-state index is 2.52. The minimum absolute atomic E-state index is 0.644. The van der Waals surface area contributed by atoms with Gasteiger partial charge in [0.1, 0.15) is 0 Å². The summed E-state index contributed by atoms with van der Waals surface area (Å²) in [6.45, 7) is 6.80. The third-order valence-corrected chi connectivity index (χ3v) is 4.21. The van der Waals surface area contributed by atoms with Crippen molar-refractivity contribution in [3.8, 4) is 0 Å². The summed E-state index contributed by atoms with van der Waals surface area (Å²) in [7, 11) is 2.13. The maximum absolute atomic E-state index is 2.52. The fraction of sp³-hybridized carbons (Fsp3) is 0.412. The lowest BCUT2D eigenvalue weighted by Crippen LogP contribution is -2.34. The molecule has 0 bridgehead atoms. The molecule has 0 N–H and O–H groups in total. The molecule has 100 valence electrons. The molecular weight excluding hydrogens is 232 g/mol. The smallest absolute Gasteiger partial charge is 0.0484 e. The summed E-state index contributed by atoms with van der Waals surface area (Å²) >= 11 is 0. The Morgan fingerprint density at radius 3 is 2.63 bits per heavy atom. The van der Waals surface area contributed by atoms with E-state index in [1.165, 1.54) is 28.6 Å². The first-order valence-electron chi connectivity index (χ1n) is 7.14. The van der Waals surface area contributed by atoms with E-state index in [2.05, 4.69) is 66.9 Å². The standard InChI is InChI=1S/C17H22N2/c1-13(2)19-10-8-14(9-11-19)16-12-18(3)17-7-5-4-6-15(16)17/h4-8,12-13H,9-11H2,1-3H3. The van der Waals surface area contributed by atoms with Crippen molar-refractivity contribution in [3.05, 3.63) is 42.1 Å². The highest BCUT2D eigenvalue weighted by Gasteiger charge is 2.17. The molecule has 0 spiro atoms. The number of aromatic nitrogens is 1. The molecule has 0 unspecified atom stereocenters. The molecule has 0 saturated carbocycles. The summed E-state index contributed by atoms with van der Waals surface area (Å²) in [5.74, 6) is 0. The molecule has 0 atom stereocenters. The number of para-hydroxylation sites is 1. The third-order valence-electron chi connectivity index (χ3n) is 4.21. The number of benzene rings is 1. The Labute approximate surface area is 115 Å². The third kappa shape index (κ3) is 2.21. The van der Waals surface area contributed by atoms with E-state index in [0.29, 0.717) is 6.04 Å². The van der Waals surface area contributed by atoms with Crippen molar-refractivity contribution in [2.75, 3.05) is 13.1 Å². The molecule has 2 heterocycles. The molecule has 1 aromatic carbocycles. The summed E-state index contributed by atoms with van der Waals surface area (Å²) in [5.41, 5.74) is 4.25. The lowest BCUT2D eigenvalue weighted by molar-refractivity contribution is 0.245. The van der Waals surface area contributed by atoms with E-state index in [9.17, 15) is 0 Å². The Balaban J connectivity index is 1.98. The van der Waals surface area contributed by atoms with E-state index in [4.69, 9.17) is 0 Å². The fourth-order valence-corrected chi connectivity index (χ4v) is 3.00. The van der Waals surface area contributed by atoms with E-state index < -0.39 is 0 Å². The van der Waals surface area contributed by atoms with Gasteiger partial charge in [-0.25, -0.2) is 0 Å². The maximum Gasteiger partial charge on any atom is 0.0484 e. The van der Waals surface area contributed by atoms with Crippen LogP contribution in [0.4, 0.5) is 0 Å². The van der Waals surface area contributed by atoms with Gasteiger partial charge >= 0.3 is 0 Å². The second kappa shape index (κ2) is 4.86. The molecule has 3 rings (SSSR count). The van der Waals surface area contributed by atoms with Crippen LogP contribution in [0.5, 0.6) is 0 Å². The Hall–Kier alpha value is -1.54. The number of rotatable bonds is 2. The summed E-state index contributed by atoms with van der Waals surface area (Å²) in [4.78, 5) is 2.52. The average Bonchev–Trinajstić information content (AvgIpc) is 2.77. The van der Waals surface area contributed by atoms with Gasteiger partial charge in [0.05, 0.1) is 0 Å². The van der Waals surface area contributed by atoms with E-state index in [1.54, 1.807) is 0 Å². The van der Waals surface area contributed by atoms with Crippen molar-refractivity contribution in [2.45, 2.75) is 26.3 Å². The van der Waals surface area contributed by atoms with Crippen LogP contribution in [0.1, 0.15) is 25.8 Å². The van der Waals surface area contributed by atoms with Gasteiger partial charge in [-0.3, -0.25) is 4.90 Å². The molecule has 2 nitrogen and oxygen atoms in total. The normalized spacial score (nSPS) is 17.2. The van der Waals surface area contributed by atoms with Crippen LogP contribution in [0.15, 0.2) is 36.5 Å². The molecular formula is C17H22N2. The predicted molar refractivity (Wildman–Crippen MR) is 82.2 cm³/mol. The van der Waals surface area contributed by atoms with Crippen molar-refractivity contribution in [1.82, 2.24) is 9.47 Å². The van der Waals surface area contributed by atoms with Crippen LogP contribution in [0, 0.1) is 0 Å². The van der Waals surface area contributed by atoms with Crippen LogP contribution in [0.3, 0.4) is 0 Å². The highest BCUT2D eigenvalue weighted by molar-refractivity contribution is 5.93. The molecule has 1 aromatic heterocycles. The molecule has 2 heteroatoms. The molecule has 0 fully saturated rings. The minimum Gasteiger partial charge on any atom is -0.350 e. The SMILES string of the molecule is CC(C)N1CC=C(c2cn(C)c3ccccc23)CC1. The molecule has 0 aliphatic carbocycles. The van der Waals surface area contributed by atoms with Crippen LogP contribution in [-0.2, 0) is 7.05 Å². The Kier molecular flexibility index (Phi) is 3.19. The largest absolute Gasteiger partial charge is 0.350 e. The molecule has 0 saturated heterocycles. The Morgan fingerprint density at radius 2 is 1.95 bits per heavy atom. The van der Waals surface area contributed by atoms with Crippen LogP contribution >= 0.6 is 0 Å². The highest BCUT2D eigenvalue weighted by atomic mass is 15.1. The van der Waals surface area contributed by atoms with Crippen LogP contribution in [0.2, 0.25) is 0 Å². The van der Waals surface area contributed by atoms with E-state index in [0.717, 1.165) is 13.0 Å². The van der Waals surface area contributed by atoms with Gasteiger partial charge in [-0.1, -0.05) is 24.3 Å². The Morgan fingerprint density at radius 1 is 1.16 bits per heavy atom. The van der Waals surface area contributed by atoms with Crippen molar-refractivity contribution >= 4 is 16.5 Å². The number of hydrogen-bond donors (Lipinski definition) is 0. The monoisotopic (exact) mass is 254 g/mol. The molecule has 0 radical (unpaired) electrons. The zero-order chi connectivity index (χ0) is 13.4. The second-order valence-electron chi connectivity index (χ2n) is 5.74. The van der Waals surface area contributed by atoms with Crippen molar-refractivity contribution in [2.24, 2.45) is 7.05 Å². The summed E-state index contributed by atoms with van der Waals surface area (Å²) in [6.07, 6.45) is 5.85. The van der Waals surface area contributed by atoms with E-state index >= 15 is 0 Å². The van der Waals surface area contributed by atoms with Crippen molar-refractivity contribution < 1.29 is 0 Å². The average molecular weight is 254 g/mol. The first kappa shape index (κ1) is 12.5. The summed E-state index contributed by atoms with van der Waals surface area (Å²) in [6, 6.07) is 9.32. The topological polar surface area (TPSA) is 8.17 Å². The lowest BCUT2D eigenvalue weighted by Gasteiger charge is -2.29. The summed E-state index contributed by atoms with van der Waals surface area (Å²) < 4.78 is 2.24. The molecule has 0 amide bonds. The predicted octanol–water partition coefficient (Wildman–Crippen LogP) is 3.68. The summed E-state index contributed by atoms with van der Waals surface area (Å²) in [5, 5.41) is 1.38. The van der Waals surface area contributed by atoms with Gasteiger partial charge in [0, 0.05) is 48.8 Å². The number of nitrogens with zero attached hydrogens (tertiary/aromatic N) is 2. The number of hydrogen-bond acceptors (Lipinski definition) is 1. The Bertz CT molecular complexity index is 619. The van der Waals surface area contributed by atoms with Gasteiger partial charge in [0.2, 0.25) is 0 Å². The van der Waals surface area contributed by atoms with Crippen LogP contribution in [0.25, 0.3) is 16.5 Å². The molecule has 1 aliphatic rings. The van der Waals surface area contributed by atoms with E-state index in [1.807, 2.05) is 0 Å². The molecule has 1 aliphatic heterocycles. The number of fused-ring (bicyclic) bond motifs is 1. The number of aryl methyl sites for hydroxylation is 1. The fourth-order valence-electron chi connectivity index (χ4n) is 3.00. The van der Waals surface area contributed by atoms with Gasteiger partial charge in [-0.15, -0.1) is 0 Å². The van der Waals surface area contributed by atoms with Gasteiger partial charge in [-0.05, 0) is 31.9 Å². The zero-order valence-electron chi connectivity index (χ0n) is 12.1. The molecule has 2 aromatic rings. The van der Waals surface area contributed by atoms with Gasteiger partial charge in [-0.2, -0.15) is 0 Å². The molecule has 19 heavy (non-hydrogen) atoms. The minimum atomic E-state index is 0.644. The van der Waals surface area contributed by atoms with E-state index in [-0.39, 0.29) is 0 Å². The van der Waals surface area contributed by atoms with Gasteiger partial charge in [0.25, 0.3) is 0 Å². The first-order chi connectivity index (χ1) is 9.16. The van der Waals surface area contributed by atoms with Crippen LogP contribution < -0.4 is 0 Å². The lowest BCUT2D eigenvalue weighted by atomic mass is 9.98. The van der Waals surface area contributed by atoms with Crippen molar-refractivity contribution in [1.29, 1.82) is 0 Å². The first-order valence-corrected chi connectivity index (χ1v) is 7.14. The van der Waals surface area contributed by atoms with Crippen LogP contribution in [-0.4, -0.2) is 28.6 Å². The zero-order valence-corrected chi connectivity index (χ0v) is 12.1. The quantitative estimate of drug-likeness (QED) is 0.793. The van der Waals surface area contributed by atoms with Gasteiger partial charge in [0.15, 0.2) is 0 Å². The highest BCUT2D eigenvalue weighted by Crippen LogP contribution is 2.30. The second-order valence-corrected chi connectivity index (χ2v) is 5.74. The van der Waals surface area contributed by atoms with Crippen molar-refractivity contribution in [3.63, 3.8) is 0 Å². The van der Waals surface area contributed by atoms with Gasteiger partial charge < -0.3 is 4.57 Å².